The average Bonchev–Trinajstić information content (AvgIpc) is 3.61. The zero-order chi connectivity index (χ0) is 25.5. The molecule has 1 saturated carbocycles. The lowest BCUT2D eigenvalue weighted by atomic mass is 10.0. The van der Waals surface area contributed by atoms with Gasteiger partial charge in [0.25, 0.3) is 0 Å². The van der Waals surface area contributed by atoms with E-state index in [1.807, 2.05) is 0 Å². The van der Waals surface area contributed by atoms with Crippen LogP contribution >= 0.6 is 0 Å². The van der Waals surface area contributed by atoms with Gasteiger partial charge in [0.2, 0.25) is 0 Å². The Morgan fingerprint density at radius 3 is 1.56 bits per heavy atom. The second-order valence-corrected chi connectivity index (χ2v) is 11.0. The maximum absolute atomic E-state index is 2.45. The van der Waals surface area contributed by atoms with Crippen LogP contribution in [0.3, 0.4) is 0 Å². The first kappa shape index (κ1) is 21.2. The van der Waals surface area contributed by atoms with E-state index in [2.05, 4.69) is 143 Å². The number of rotatable bonds is 3. The largest absolute Gasteiger partial charge is 0.310 e. The van der Waals surface area contributed by atoms with Gasteiger partial charge in [-0.1, -0.05) is 84.9 Å². The van der Waals surface area contributed by atoms with Crippen molar-refractivity contribution < 1.29 is 0 Å². The van der Waals surface area contributed by atoms with Crippen molar-refractivity contribution in [1.82, 2.24) is 9.13 Å². The third-order valence-electron chi connectivity index (χ3n) is 8.83. The van der Waals surface area contributed by atoms with Gasteiger partial charge in [-0.2, -0.15) is 0 Å². The number of nitrogens with zero attached hydrogens (tertiary/aromatic N) is 2. The van der Waals surface area contributed by atoms with Crippen LogP contribution in [0.25, 0.3) is 61.3 Å². The van der Waals surface area contributed by atoms with Crippen molar-refractivity contribution in [2.24, 2.45) is 5.92 Å². The Morgan fingerprint density at radius 2 is 0.974 bits per heavy atom. The van der Waals surface area contributed by atoms with Crippen molar-refractivity contribution in [3.63, 3.8) is 0 Å². The minimum Gasteiger partial charge on any atom is -0.310 e. The molecule has 2 aliphatic carbocycles. The molecular weight excluding hydrogens is 472 g/mol. The predicted molar refractivity (Wildman–Crippen MR) is 163 cm³/mol. The summed E-state index contributed by atoms with van der Waals surface area (Å²) >= 11 is 0. The summed E-state index contributed by atoms with van der Waals surface area (Å²) < 4.78 is 4.82. The molecule has 184 valence electrons. The summed E-state index contributed by atoms with van der Waals surface area (Å²) in [6, 6.07) is 44.3. The second kappa shape index (κ2) is 7.85. The van der Waals surface area contributed by atoms with E-state index in [9.17, 15) is 0 Å². The van der Waals surface area contributed by atoms with Crippen LogP contribution in [0.1, 0.15) is 23.6 Å². The molecule has 5 aromatic carbocycles. The zero-order valence-corrected chi connectivity index (χ0v) is 21.5. The molecule has 9 rings (SSSR count). The molecule has 0 bridgehead atoms. The molecule has 7 aromatic rings. The first-order valence-electron chi connectivity index (χ1n) is 13.9. The van der Waals surface area contributed by atoms with Crippen molar-refractivity contribution in [3.05, 3.63) is 139 Å². The van der Waals surface area contributed by atoms with Crippen molar-refractivity contribution >= 4 is 38.8 Å². The number of aromatic nitrogens is 2. The molecule has 2 atom stereocenters. The van der Waals surface area contributed by atoms with Crippen LogP contribution in [-0.2, 0) is 0 Å². The van der Waals surface area contributed by atoms with E-state index in [4.69, 9.17) is 0 Å². The number of para-hydroxylation sites is 3. The lowest BCUT2D eigenvalue weighted by molar-refractivity contribution is 0.976. The predicted octanol–water partition coefficient (Wildman–Crippen LogP) is 9.52. The highest BCUT2D eigenvalue weighted by Gasteiger charge is 2.42. The number of hydrogen-bond donors (Lipinski definition) is 0. The highest BCUT2D eigenvalue weighted by molar-refractivity contribution is 6.09. The van der Waals surface area contributed by atoms with Crippen LogP contribution < -0.4 is 0 Å². The van der Waals surface area contributed by atoms with Gasteiger partial charge in [0.1, 0.15) is 0 Å². The molecule has 2 aromatic heterocycles. The van der Waals surface area contributed by atoms with Gasteiger partial charge in [-0.25, -0.2) is 0 Å². The van der Waals surface area contributed by atoms with Gasteiger partial charge in [-0.05, 0) is 83.5 Å². The normalized spacial score (nSPS) is 17.5. The Hall–Kier alpha value is -4.82. The Morgan fingerprint density at radius 1 is 0.487 bits per heavy atom. The first-order valence-corrected chi connectivity index (χ1v) is 13.9. The molecule has 0 aliphatic heterocycles. The Bertz CT molecular complexity index is 2030. The van der Waals surface area contributed by atoms with Gasteiger partial charge in [0.05, 0.1) is 22.2 Å². The Labute approximate surface area is 227 Å². The van der Waals surface area contributed by atoms with Crippen LogP contribution in [0, 0.1) is 5.92 Å². The zero-order valence-electron chi connectivity index (χ0n) is 21.5. The summed E-state index contributed by atoms with van der Waals surface area (Å²) in [6.45, 7) is 0. The highest BCUT2D eigenvalue weighted by atomic mass is 15.0. The molecule has 39 heavy (non-hydrogen) atoms. The van der Waals surface area contributed by atoms with Gasteiger partial charge in [0.15, 0.2) is 0 Å². The van der Waals surface area contributed by atoms with Crippen molar-refractivity contribution in [1.29, 1.82) is 0 Å². The highest BCUT2D eigenvalue weighted by Crippen LogP contribution is 2.55. The lowest BCUT2D eigenvalue weighted by Gasteiger charge is -2.13. The molecule has 2 nitrogen and oxygen atoms in total. The maximum atomic E-state index is 2.45. The topological polar surface area (TPSA) is 9.86 Å². The number of benzene rings is 5. The minimum absolute atomic E-state index is 0.698. The molecule has 1 fully saturated rings. The number of fused-ring (bicyclic) bond motifs is 8. The fraction of sp³-hybridized carbons (Fsp3) is 0.0811. The van der Waals surface area contributed by atoms with E-state index < -0.39 is 0 Å². The average molecular weight is 499 g/mol. The molecule has 0 amide bonds. The quantitative estimate of drug-likeness (QED) is 0.230. The van der Waals surface area contributed by atoms with E-state index in [0.29, 0.717) is 5.92 Å². The van der Waals surface area contributed by atoms with Gasteiger partial charge in [0, 0.05) is 27.5 Å². The van der Waals surface area contributed by atoms with Crippen molar-refractivity contribution in [2.45, 2.75) is 12.3 Å². The third-order valence-corrected chi connectivity index (χ3v) is 8.83. The molecule has 2 aliphatic rings. The molecule has 0 N–H and O–H groups in total. The second-order valence-electron chi connectivity index (χ2n) is 11.0. The Kier molecular flexibility index (Phi) is 4.25. The van der Waals surface area contributed by atoms with Crippen LogP contribution in [0.4, 0.5) is 0 Å². The van der Waals surface area contributed by atoms with Gasteiger partial charge < -0.3 is 9.13 Å². The van der Waals surface area contributed by atoms with Gasteiger partial charge >= 0.3 is 0 Å². The Balaban J connectivity index is 1.11. The van der Waals surface area contributed by atoms with Crippen LogP contribution in [0.15, 0.2) is 127 Å². The molecular formula is C37H26N2. The smallest absolute Gasteiger partial charge is 0.0541 e. The first-order chi connectivity index (χ1) is 19.3. The fourth-order valence-corrected chi connectivity index (χ4v) is 6.90. The summed E-state index contributed by atoms with van der Waals surface area (Å²) in [5.74, 6) is 1.44. The SMILES string of the molecule is C1=CC2CC2c2c1n(-c1ccc(-c3ccc(-n4c5ccccc5c5ccccc54)cc3)cc1)c1ccccc21. The number of allylic oxidation sites excluding steroid dienone is 1. The molecule has 2 heteroatoms. The molecule has 0 saturated heterocycles. The van der Waals surface area contributed by atoms with E-state index in [0.717, 1.165) is 5.92 Å². The van der Waals surface area contributed by atoms with Crippen molar-refractivity contribution in [3.8, 4) is 22.5 Å². The van der Waals surface area contributed by atoms with E-state index >= 15 is 0 Å². The van der Waals surface area contributed by atoms with E-state index in [-0.39, 0.29) is 0 Å². The lowest BCUT2D eigenvalue weighted by Crippen LogP contribution is -1.99. The standard InChI is InChI=1S/C37H26N2/c1-4-10-33-29(7-1)30-8-2-5-11-34(30)38(33)27-18-13-24(14-19-27)25-15-20-28(21-16-25)39-35-12-6-3-9-31(35)37-32-23-26(32)17-22-36(37)39/h1-22,26,32H,23H2. The van der Waals surface area contributed by atoms with Crippen LogP contribution in [-0.4, -0.2) is 9.13 Å². The molecule has 0 spiro atoms. The minimum atomic E-state index is 0.698. The van der Waals surface area contributed by atoms with E-state index in [1.54, 1.807) is 5.56 Å². The molecule has 0 radical (unpaired) electrons. The van der Waals surface area contributed by atoms with Gasteiger partial charge in [-0.3, -0.25) is 0 Å². The third kappa shape index (κ3) is 3.03. The summed E-state index contributed by atoms with van der Waals surface area (Å²) in [4.78, 5) is 0. The van der Waals surface area contributed by atoms with Crippen LogP contribution in [0.2, 0.25) is 0 Å². The van der Waals surface area contributed by atoms with Crippen molar-refractivity contribution in [2.75, 3.05) is 0 Å². The fourth-order valence-electron chi connectivity index (χ4n) is 6.90. The molecule has 2 unspecified atom stereocenters. The summed E-state index contributed by atoms with van der Waals surface area (Å²) in [5, 5.41) is 3.99. The van der Waals surface area contributed by atoms with Gasteiger partial charge in [-0.15, -0.1) is 0 Å². The maximum Gasteiger partial charge on any atom is 0.0541 e. The number of hydrogen-bond acceptors (Lipinski definition) is 0. The molecule has 2 heterocycles. The summed E-state index contributed by atoms with van der Waals surface area (Å²) in [5.41, 5.74) is 11.6. The summed E-state index contributed by atoms with van der Waals surface area (Å²) in [7, 11) is 0. The monoisotopic (exact) mass is 498 g/mol. The van der Waals surface area contributed by atoms with E-state index in [1.165, 1.54) is 67.3 Å². The van der Waals surface area contributed by atoms with Crippen LogP contribution in [0.5, 0.6) is 0 Å². The summed E-state index contributed by atoms with van der Waals surface area (Å²) in [6.07, 6.45) is 6.06.